The second kappa shape index (κ2) is 9.43. The highest BCUT2D eigenvalue weighted by Gasteiger charge is 2.45. The molecular weight excluding hydrogens is 480 g/mol. The lowest BCUT2D eigenvalue weighted by atomic mass is 9.98. The molecule has 1 unspecified atom stereocenters. The molecule has 2 aromatic heterocycles. The number of amides is 1. The molecule has 5 rings (SSSR count). The summed E-state index contributed by atoms with van der Waals surface area (Å²) in [4.78, 5) is 46.1. The summed E-state index contributed by atoms with van der Waals surface area (Å²) >= 11 is 1.04. The fourth-order valence-corrected chi connectivity index (χ4v) is 5.22. The van der Waals surface area contributed by atoms with Crippen molar-refractivity contribution >= 4 is 39.3 Å². The van der Waals surface area contributed by atoms with Crippen LogP contribution in [-0.2, 0) is 4.74 Å². The Morgan fingerprint density at radius 3 is 2.81 bits per heavy atom. The first-order chi connectivity index (χ1) is 17.4. The first kappa shape index (κ1) is 23.5. The quantitative estimate of drug-likeness (QED) is 0.258. The Morgan fingerprint density at radius 2 is 2.03 bits per heavy atom. The molecule has 1 amide bonds. The molecular formula is C27H22N2O6S. The van der Waals surface area contributed by atoms with Gasteiger partial charge in [0.15, 0.2) is 10.6 Å². The Kier molecular flexibility index (Phi) is 6.15. The molecule has 0 bridgehead atoms. The van der Waals surface area contributed by atoms with Crippen LogP contribution in [0.1, 0.15) is 50.0 Å². The van der Waals surface area contributed by atoms with E-state index in [1.807, 2.05) is 6.07 Å². The van der Waals surface area contributed by atoms with Crippen molar-refractivity contribution < 1.29 is 23.5 Å². The van der Waals surface area contributed by atoms with Crippen molar-refractivity contribution in [1.82, 2.24) is 4.98 Å². The number of benzene rings is 2. The second-order valence-electron chi connectivity index (χ2n) is 8.05. The zero-order valence-electron chi connectivity index (χ0n) is 19.6. The van der Waals surface area contributed by atoms with Gasteiger partial charge in [-0.25, -0.2) is 9.78 Å². The van der Waals surface area contributed by atoms with Gasteiger partial charge < -0.3 is 13.9 Å². The van der Waals surface area contributed by atoms with Gasteiger partial charge >= 0.3 is 5.97 Å². The Balaban J connectivity index is 1.72. The van der Waals surface area contributed by atoms with Crippen molar-refractivity contribution in [2.45, 2.75) is 19.9 Å². The standard InChI is InChI=1S/C27H22N2O6S/c1-4-13-34-17-10-8-9-16(14-17)21-20-22(30)18-11-6-7-12-19(18)35-23(20)25(31)29(21)27-28-15(3)24(36-27)26(32)33-5-2/h4,6-12,14,21H,1,5,13H2,2-3H3. The van der Waals surface area contributed by atoms with Crippen LogP contribution in [0.5, 0.6) is 5.75 Å². The van der Waals surface area contributed by atoms with E-state index in [9.17, 15) is 14.4 Å². The smallest absolute Gasteiger partial charge is 0.350 e. The van der Waals surface area contributed by atoms with Crippen LogP contribution in [0.15, 0.2) is 70.4 Å². The summed E-state index contributed by atoms with van der Waals surface area (Å²) in [7, 11) is 0. The largest absolute Gasteiger partial charge is 0.490 e. The number of carbonyl (C=O) groups excluding carboxylic acids is 2. The van der Waals surface area contributed by atoms with Gasteiger partial charge in [-0.3, -0.25) is 14.5 Å². The van der Waals surface area contributed by atoms with Crippen molar-refractivity contribution in [3.05, 3.63) is 98.9 Å². The van der Waals surface area contributed by atoms with E-state index >= 15 is 0 Å². The van der Waals surface area contributed by atoms with E-state index in [0.29, 0.717) is 39.5 Å². The lowest BCUT2D eigenvalue weighted by Gasteiger charge is -2.23. The number of carbonyl (C=O) groups is 2. The average molecular weight is 503 g/mol. The van der Waals surface area contributed by atoms with Gasteiger partial charge in [0.25, 0.3) is 5.91 Å². The SMILES string of the molecule is C=CCOc1cccc(C2c3c(oc4ccccc4c3=O)C(=O)N2c2nc(C)c(C(=O)OCC)s2)c1. The number of rotatable bonds is 7. The molecule has 0 saturated carbocycles. The number of ether oxygens (including phenoxy) is 2. The van der Waals surface area contributed by atoms with Crippen LogP contribution >= 0.6 is 11.3 Å². The van der Waals surface area contributed by atoms with Crippen LogP contribution < -0.4 is 15.1 Å². The highest BCUT2D eigenvalue weighted by atomic mass is 32.1. The summed E-state index contributed by atoms with van der Waals surface area (Å²) in [6, 6.07) is 13.1. The van der Waals surface area contributed by atoms with Gasteiger partial charge in [-0.2, -0.15) is 0 Å². The molecule has 0 fully saturated rings. The fraction of sp³-hybridized carbons (Fsp3) is 0.185. The molecule has 0 aliphatic carbocycles. The predicted molar refractivity (Wildman–Crippen MR) is 136 cm³/mol. The lowest BCUT2D eigenvalue weighted by molar-refractivity contribution is 0.0531. The van der Waals surface area contributed by atoms with Crippen LogP contribution in [0, 0.1) is 6.92 Å². The van der Waals surface area contributed by atoms with Crippen LogP contribution in [0.25, 0.3) is 11.0 Å². The molecule has 182 valence electrons. The van der Waals surface area contributed by atoms with Gasteiger partial charge in [0, 0.05) is 0 Å². The fourth-order valence-electron chi connectivity index (χ4n) is 4.23. The zero-order valence-corrected chi connectivity index (χ0v) is 20.5. The number of aromatic nitrogens is 1. The first-order valence-corrected chi connectivity index (χ1v) is 12.1. The summed E-state index contributed by atoms with van der Waals surface area (Å²) in [6.45, 7) is 7.58. The van der Waals surface area contributed by atoms with Crippen molar-refractivity contribution in [2.24, 2.45) is 0 Å². The molecule has 8 nitrogen and oxygen atoms in total. The Labute approximate surface area is 210 Å². The maximum Gasteiger partial charge on any atom is 0.350 e. The van der Waals surface area contributed by atoms with E-state index in [-0.39, 0.29) is 28.5 Å². The monoisotopic (exact) mass is 502 g/mol. The minimum atomic E-state index is -0.832. The molecule has 1 aliphatic rings. The minimum Gasteiger partial charge on any atom is -0.490 e. The zero-order chi connectivity index (χ0) is 25.4. The molecule has 3 heterocycles. The normalized spacial score (nSPS) is 14.7. The highest BCUT2D eigenvalue weighted by molar-refractivity contribution is 7.17. The minimum absolute atomic E-state index is 0.0494. The number of hydrogen-bond donors (Lipinski definition) is 0. The summed E-state index contributed by atoms with van der Waals surface area (Å²) in [5.41, 5.74) is 1.30. The Morgan fingerprint density at radius 1 is 1.22 bits per heavy atom. The third-order valence-corrected chi connectivity index (χ3v) is 6.91. The van der Waals surface area contributed by atoms with Crippen LogP contribution in [0.2, 0.25) is 0 Å². The molecule has 1 atom stereocenters. The molecule has 0 spiro atoms. The molecule has 0 N–H and O–H groups in total. The number of aryl methyl sites for hydroxylation is 1. The van der Waals surface area contributed by atoms with Crippen LogP contribution in [-0.4, -0.2) is 30.1 Å². The number of hydrogen-bond acceptors (Lipinski definition) is 8. The molecule has 0 radical (unpaired) electrons. The third kappa shape index (κ3) is 3.87. The highest BCUT2D eigenvalue weighted by Crippen LogP contribution is 2.43. The summed E-state index contributed by atoms with van der Waals surface area (Å²) < 4.78 is 16.8. The van der Waals surface area contributed by atoms with Gasteiger partial charge in [0.1, 0.15) is 22.8 Å². The van der Waals surface area contributed by atoms with Gasteiger partial charge in [0.05, 0.1) is 29.3 Å². The van der Waals surface area contributed by atoms with Crippen LogP contribution in [0.3, 0.4) is 0 Å². The average Bonchev–Trinajstić information content (AvgIpc) is 3.40. The number of fused-ring (bicyclic) bond motifs is 2. The topological polar surface area (TPSA) is 98.9 Å². The van der Waals surface area contributed by atoms with Crippen LogP contribution in [0.4, 0.5) is 5.13 Å². The second-order valence-corrected chi connectivity index (χ2v) is 9.03. The van der Waals surface area contributed by atoms with Crippen molar-refractivity contribution in [1.29, 1.82) is 0 Å². The summed E-state index contributed by atoms with van der Waals surface area (Å²) in [5.74, 6) is -0.522. The molecule has 36 heavy (non-hydrogen) atoms. The molecule has 1 aliphatic heterocycles. The summed E-state index contributed by atoms with van der Waals surface area (Å²) in [6.07, 6.45) is 1.63. The molecule has 4 aromatic rings. The maximum atomic E-state index is 13.7. The number of esters is 1. The van der Waals surface area contributed by atoms with Crippen molar-refractivity contribution in [2.75, 3.05) is 18.1 Å². The third-order valence-electron chi connectivity index (χ3n) is 5.77. The number of para-hydroxylation sites is 1. The van der Waals surface area contributed by atoms with Gasteiger partial charge in [0.2, 0.25) is 5.76 Å². The lowest BCUT2D eigenvalue weighted by Crippen LogP contribution is -2.29. The van der Waals surface area contributed by atoms with Gasteiger partial charge in [-0.05, 0) is 43.7 Å². The first-order valence-electron chi connectivity index (χ1n) is 11.3. The Bertz CT molecular complexity index is 1570. The maximum absolute atomic E-state index is 13.7. The predicted octanol–water partition coefficient (Wildman–Crippen LogP) is 5.05. The van der Waals surface area contributed by atoms with Crippen molar-refractivity contribution in [3.8, 4) is 5.75 Å². The number of nitrogens with zero attached hydrogens (tertiary/aromatic N) is 2. The van der Waals surface area contributed by atoms with E-state index in [1.165, 1.54) is 4.90 Å². The van der Waals surface area contributed by atoms with Gasteiger partial charge in [-0.15, -0.1) is 0 Å². The van der Waals surface area contributed by atoms with Gasteiger partial charge in [-0.1, -0.05) is 48.3 Å². The van der Waals surface area contributed by atoms with Crippen molar-refractivity contribution in [3.63, 3.8) is 0 Å². The molecule has 9 heteroatoms. The van der Waals surface area contributed by atoms with E-state index in [2.05, 4.69) is 11.6 Å². The summed E-state index contributed by atoms with van der Waals surface area (Å²) in [5, 5.41) is 0.635. The number of thiazole rings is 1. The molecule has 0 saturated heterocycles. The van der Waals surface area contributed by atoms with E-state index < -0.39 is 17.9 Å². The van der Waals surface area contributed by atoms with E-state index in [4.69, 9.17) is 13.9 Å². The number of anilines is 1. The van der Waals surface area contributed by atoms with E-state index in [1.54, 1.807) is 62.4 Å². The van der Waals surface area contributed by atoms with E-state index in [0.717, 1.165) is 11.3 Å². The Hall–Kier alpha value is -4.24. The molecule has 2 aromatic carbocycles.